The predicted molar refractivity (Wildman–Crippen MR) is 150 cm³/mol. The van der Waals surface area contributed by atoms with Gasteiger partial charge in [0, 0.05) is 49.8 Å². The first-order valence-electron chi connectivity index (χ1n) is 14.1. The largest absolute Gasteiger partial charge is 0.463 e. The summed E-state index contributed by atoms with van der Waals surface area (Å²) >= 11 is 0. The summed E-state index contributed by atoms with van der Waals surface area (Å²) in [6.07, 6.45) is -5.06. The van der Waals surface area contributed by atoms with E-state index in [1.807, 2.05) is 0 Å². The van der Waals surface area contributed by atoms with Crippen LogP contribution in [0.2, 0.25) is 0 Å². The molecule has 12 heteroatoms. The fourth-order valence-corrected chi connectivity index (χ4v) is 5.34. The summed E-state index contributed by atoms with van der Waals surface area (Å²) in [5, 5.41) is 0. The first kappa shape index (κ1) is 31.6. The van der Waals surface area contributed by atoms with Gasteiger partial charge in [-0.2, -0.15) is 13.2 Å². The number of rotatable bonds is 7. The molecule has 4 rings (SSSR count). The van der Waals surface area contributed by atoms with Gasteiger partial charge in [-0.25, -0.2) is 9.59 Å². The second-order valence-electron chi connectivity index (χ2n) is 10.3. The van der Waals surface area contributed by atoms with E-state index >= 15 is 0 Å². The average molecular weight is 602 g/mol. The van der Waals surface area contributed by atoms with Crippen molar-refractivity contribution in [1.82, 2.24) is 14.7 Å². The Kier molecular flexibility index (Phi) is 9.77. The Bertz CT molecular complexity index is 1400. The minimum atomic E-state index is -4.51. The van der Waals surface area contributed by atoms with E-state index in [1.54, 1.807) is 54.8 Å². The van der Waals surface area contributed by atoms with E-state index in [2.05, 4.69) is 0 Å². The highest BCUT2D eigenvalue weighted by atomic mass is 19.4. The highest BCUT2D eigenvalue weighted by Gasteiger charge is 2.38. The summed E-state index contributed by atoms with van der Waals surface area (Å²) < 4.78 is 49.7. The first-order chi connectivity index (χ1) is 20.4. The molecule has 1 atom stereocenters. The topological polar surface area (TPSA) is 96.5 Å². The van der Waals surface area contributed by atoms with Crippen molar-refractivity contribution < 1.29 is 41.8 Å². The molecule has 0 saturated carbocycles. The van der Waals surface area contributed by atoms with Crippen molar-refractivity contribution >= 4 is 23.9 Å². The number of ether oxygens (including phenoxy) is 2. The number of carbonyl (C=O) groups is 4. The third-order valence-corrected chi connectivity index (χ3v) is 7.57. The Morgan fingerprint density at radius 2 is 1.53 bits per heavy atom. The lowest BCUT2D eigenvalue weighted by Crippen LogP contribution is -2.50. The maximum absolute atomic E-state index is 13.4. The Hall–Kier alpha value is -4.35. The van der Waals surface area contributed by atoms with Gasteiger partial charge in [0.2, 0.25) is 5.91 Å². The molecule has 1 fully saturated rings. The molecule has 3 amide bonds. The molecule has 0 aliphatic carbocycles. The Labute approximate surface area is 247 Å². The van der Waals surface area contributed by atoms with Crippen LogP contribution in [0.15, 0.2) is 59.8 Å². The number of nitrogens with zero attached hydrogens (tertiary/aromatic N) is 3. The number of allylic oxidation sites excluding steroid dienone is 1. The highest BCUT2D eigenvalue weighted by Crippen LogP contribution is 2.39. The maximum atomic E-state index is 13.4. The fourth-order valence-electron chi connectivity index (χ4n) is 5.34. The molecule has 2 aliphatic heterocycles. The normalized spacial score (nSPS) is 17.7. The van der Waals surface area contributed by atoms with Gasteiger partial charge < -0.3 is 24.2 Å². The van der Waals surface area contributed by atoms with Crippen molar-refractivity contribution in [2.24, 2.45) is 0 Å². The molecular formula is C31H34F3N3O6. The molecule has 0 bridgehead atoms. The molecule has 43 heavy (non-hydrogen) atoms. The van der Waals surface area contributed by atoms with Crippen molar-refractivity contribution in [2.75, 3.05) is 39.4 Å². The van der Waals surface area contributed by atoms with Gasteiger partial charge in [0.15, 0.2) is 0 Å². The first-order valence-corrected chi connectivity index (χ1v) is 14.1. The molecule has 0 N–H and O–H groups in total. The van der Waals surface area contributed by atoms with Crippen LogP contribution >= 0.6 is 0 Å². The predicted octanol–water partition coefficient (Wildman–Crippen LogP) is 4.97. The lowest BCUT2D eigenvalue weighted by atomic mass is 9.83. The standard InChI is InChI=1S/C31H34F3N3O6/c1-4-42-29(40)27-20(3)37(26(38)18-25(27)22-9-11-24(12-10-22)31(32,33)34)19-21-7-6-8-23(17-21)28(39)35-13-15-36(16-14-35)30(41)43-5-2/h6-12,17,25H,4-5,13-16,18-19H2,1-3H3. The second-order valence-corrected chi connectivity index (χ2v) is 10.3. The zero-order valence-corrected chi connectivity index (χ0v) is 24.3. The third-order valence-electron chi connectivity index (χ3n) is 7.57. The summed E-state index contributed by atoms with van der Waals surface area (Å²) in [5.41, 5.74) is 1.19. The van der Waals surface area contributed by atoms with Crippen LogP contribution in [0.4, 0.5) is 18.0 Å². The van der Waals surface area contributed by atoms with Gasteiger partial charge in [0.1, 0.15) is 0 Å². The van der Waals surface area contributed by atoms with Gasteiger partial charge in [0.05, 0.1) is 30.9 Å². The van der Waals surface area contributed by atoms with Gasteiger partial charge in [-0.15, -0.1) is 0 Å². The van der Waals surface area contributed by atoms with E-state index in [1.165, 1.54) is 17.0 Å². The summed E-state index contributed by atoms with van der Waals surface area (Å²) in [6, 6.07) is 11.3. The van der Waals surface area contributed by atoms with Gasteiger partial charge in [-0.05, 0) is 56.2 Å². The number of hydrogen-bond acceptors (Lipinski definition) is 6. The number of halogens is 3. The monoisotopic (exact) mass is 601 g/mol. The molecule has 0 spiro atoms. The number of hydrogen-bond donors (Lipinski definition) is 0. The fraction of sp³-hybridized carbons (Fsp3) is 0.419. The molecule has 0 aromatic heterocycles. The van der Waals surface area contributed by atoms with Crippen LogP contribution in [0.25, 0.3) is 0 Å². The van der Waals surface area contributed by atoms with Gasteiger partial charge in [-0.1, -0.05) is 24.3 Å². The van der Waals surface area contributed by atoms with Crippen molar-refractivity contribution in [3.05, 3.63) is 82.1 Å². The molecule has 2 heterocycles. The highest BCUT2D eigenvalue weighted by molar-refractivity contribution is 5.96. The number of carbonyl (C=O) groups excluding carboxylic acids is 4. The Balaban J connectivity index is 1.55. The van der Waals surface area contributed by atoms with E-state index in [0.717, 1.165) is 12.1 Å². The molecule has 2 aromatic carbocycles. The van der Waals surface area contributed by atoms with E-state index in [0.29, 0.717) is 48.6 Å². The van der Waals surface area contributed by atoms with E-state index in [-0.39, 0.29) is 43.6 Å². The van der Waals surface area contributed by atoms with Crippen LogP contribution in [-0.4, -0.2) is 78.0 Å². The van der Waals surface area contributed by atoms with Crippen LogP contribution in [0, 0.1) is 0 Å². The number of esters is 1. The Morgan fingerprint density at radius 1 is 0.907 bits per heavy atom. The van der Waals surface area contributed by atoms with Crippen LogP contribution in [0.1, 0.15) is 60.2 Å². The van der Waals surface area contributed by atoms with Crippen LogP contribution in [-0.2, 0) is 31.8 Å². The molecule has 2 aromatic rings. The van der Waals surface area contributed by atoms with E-state index < -0.39 is 29.7 Å². The summed E-state index contributed by atoms with van der Waals surface area (Å²) in [6.45, 7) is 6.83. The molecular weight excluding hydrogens is 567 g/mol. The quantitative estimate of drug-likeness (QED) is 0.416. The molecule has 1 unspecified atom stereocenters. The molecule has 9 nitrogen and oxygen atoms in total. The zero-order valence-electron chi connectivity index (χ0n) is 24.3. The van der Waals surface area contributed by atoms with Crippen molar-refractivity contribution in [2.45, 2.75) is 45.8 Å². The molecule has 1 saturated heterocycles. The lowest BCUT2D eigenvalue weighted by molar-refractivity contribution is -0.140. The molecule has 0 radical (unpaired) electrons. The smallest absolute Gasteiger partial charge is 0.416 e. The zero-order chi connectivity index (χ0) is 31.3. The number of piperazine rings is 1. The molecule has 230 valence electrons. The Morgan fingerprint density at radius 3 is 2.14 bits per heavy atom. The van der Waals surface area contributed by atoms with Crippen molar-refractivity contribution in [3.63, 3.8) is 0 Å². The number of benzene rings is 2. The van der Waals surface area contributed by atoms with Crippen LogP contribution in [0.5, 0.6) is 0 Å². The minimum absolute atomic E-state index is 0.0745. The van der Waals surface area contributed by atoms with E-state index in [9.17, 15) is 32.3 Å². The summed E-state index contributed by atoms with van der Waals surface area (Å²) in [5.74, 6) is -1.95. The van der Waals surface area contributed by atoms with Gasteiger partial charge in [-0.3, -0.25) is 9.59 Å². The lowest BCUT2D eigenvalue weighted by Gasteiger charge is -2.35. The van der Waals surface area contributed by atoms with Crippen molar-refractivity contribution in [1.29, 1.82) is 0 Å². The van der Waals surface area contributed by atoms with Crippen LogP contribution < -0.4 is 0 Å². The summed E-state index contributed by atoms with van der Waals surface area (Å²) in [7, 11) is 0. The minimum Gasteiger partial charge on any atom is -0.463 e. The maximum Gasteiger partial charge on any atom is 0.416 e. The van der Waals surface area contributed by atoms with Crippen molar-refractivity contribution in [3.8, 4) is 0 Å². The number of amides is 3. The SMILES string of the molecule is CCOC(=O)C1=C(C)N(Cc2cccc(C(=O)N3CCN(C(=O)OCC)CC3)c2)C(=O)CC1c1ccc(C(F)(F)F)cc1. The summed E-state index contributed by atoms with van der Waals surface area (Å²) in [4.78, 5) is 56.3. The van der Waals surface area contributed by atoms with Gasteiger partial charge >= 0.3 is 18.2 Å². The third kappa shape index (κ3) is 7.18. The van der Waals surface area contributed by atoms with Crippen LogP contribution in [0.3, 0.4) is 0 Å². The average Bonchev–Trinajstić information content (AvgIpc) is 2.98. The van der Waals surface area contributed by atoms with Gasteiger partial charge in [0.25, 0.3) is 5.91 Å². The van der Waals surface area contributed by atoms with E-state index in [4.69, 9.17) is 9.47 Å². The second kappa shape index (κ2) is 13.3. The number of alkyl halides is 3. The molecule has 2 aliphatic rings.